The van der Waals surface area contributed by atoms with Crippen molar-refractivity contribution < 1.29 is 28.7 Å². The van der Waals surface area contributed by atoms with Crippen molar-refractivity contribution in [3.05, 3.63) is 90.0 Å². The highest BCUT2D eigenvalue weighted by molar-refractivity contribution is 6.05. The smallest absolute Gasteiger partial charge is 0.328 e. The molecular weight excluding hydrogens is 450 g/mol. The average molecular weight is 476 g/mol. The number of hydrogen-bond acceptors (Lipinski definition) is 6. The van der Waals surface area contributed by atoms with Gasteiger partial charge in [-0.2, -0.15) is 0 Å². The third-order valence-corrected chi connectivity index (χ3v) is 4.87. The fourth-order valence-corrected chi connectivity index (χ4v) is 3.03. The first kappa shape index (κ1) is 25.0. The normalized spacial score (nSPS) is 11.0. The van der Waals surface area contributed by atoms with E-state index in [1.54, 1.807) is 78.9 Å². The van der Waals surface area contributed by atoms with Crippen LogP contribution in [0.1, 0.15) is 27.6 Å². The second-order valence-electron chi connectivity index (χ2n) is 7.45. The van der Waals surface area contributed by atoms with Gasteiger partial charge in [0.05, 0.1) is 12.8 Å². The number of amides is 3. The lowest BCUT2D eigenvalue weighted by molar-refractivity contribution is -0.148. The number of ether oxygens (including phenoxy) is 2. The number of para-hydroxylation sites is 2. The first-order chi connectivity index (χ1) is 16.9. The molecule has 0 aliphatic carbocycles. The van der Waals surface area contributed by atoms with Crippen LogP contribution in [0.4, 0.5) is 11.4 Å². The molecule has 0 aliphatic rings. The summed E-state index contributed by atoms with van der Waals surface area (Å²) in [7, 11) is 1.52. The SMILES string of the molecule is COc1ccccc1NC(=O)c1ccc(NC(=O)COC(=O)[C@H](C)NC(=O)c2ccccc2)cc1. The fourth-order valence-electron chi connectivity index (χ4n) is 3.03. The van der Waals surface area contributed by atoms with Gasteiger partial charge in [0.15, 0.2) is 6.61 Å². The summed E-state index contributed by atoms with van der Waals surface area (Å²) in [6.45, 7) is 0.941. The second kappa shape index (κ2) is 12.0. The van der Waals surface area contributed by atoms with Crippen molar-refractivity contribution in [2.45, 2.75) is 13.0 Å². The molecule has 9 nitrogen and oxygen atoms in total. The molecule has 180 valence electrons. The van der Waals surface area contributed by atoms with Crippen LogP contribution in [0.2, 0.25) is 0 Å². The molecule has 3 aromatic rings. The largest absolute Gasteiger partial charge is 0.495 e. The topological polar surface area (TPSA) is 123 Å². The molecule has 0 aromatic heterocycles. The van der Waals surface area contributed by atoms with E-state index in [1.165, 1.54) is 14.0 Å². The molecule has 0 unspecified atom stereocenters. The average Bonchev–Trinajstić information content (AvgIpc) is 2.88. The summed E-state index contributed by atoms with van der Waals surface area (Å²) in [5.41, 5.74) is 1.74. The minimum Gasteiger partial charge on any atom is -0.495 e. The van der Waals surface area contributed by atoms with E-state index in [4.69, 9.17) is 9.47 Å². The number of benzene rings is 3. The number of rotatable bonds is 9. The Morgan fingerprint density at radius 3 is 2.09 bits per heavy atom. The molecule has 3 amide bonds. The summed E-state index contributed by atoms with van der Waals surface area (Å²) in [4.78, 5) is 48.9. The van der Waals surface area contributed by atoms with Crippen molar-refractivity contribution in [3.63, 3.8) is 0 Å². The third-order valence-electron chi connectivity index (χ3n) is 4.87. The van der Waals surface area contributed by atoms with Gasteiger partial charge in [0, 0.05) is 16.8 Å². The molecule has 0 fully saturated rings. The molecule has 0 spiro atoms. The number of hydrogen-bond donors (Lipinski definition) is 3. The molecule has 9 heteroatoms. The number of esters is 1. The Balaban J connectivity index is 1.46. The van der Waals surface area contributed by atoms with Crippen LogP contribution < -0.4 is 20.7 Å². The van der Waals surface area contributed by atoms with Gasteiger partial charge in [-0.15, -0.1) is 0 Å². The molecule has 0 saturated carbocycles. The van der Waals surface area contributed by atoms with Crippen molar-refractivity contribution in [2.75, 3.05) is 24.4 Å². The minimum atomic E-state index is -0.934. The van der Waals surface area contributed by atoms with Crippen molar-refractivity contribution in [1.29, 1.82) is 0 Å². The van der Waals surface area contributed by atoms with Crippen molar-refractivity contribution in [1.82, 2.24) is 5.32 Å². The highest BCUT2D eigenvalue weighted by Crippen LogP contribution is 2.23. The van der Waals surface area contributed by atoms with Crippen molar-refractivity contribution >= 4 is 35.1 Å². The first-order valence-corrected chi connectivity index (χ1v) is 10.7. The van der Waals surface area contributed by atoms with Crippen LogP contribution in [0.25, 0.3) is 0 Å². The molecule has 3 N–H and O–H groups in total. The van der Waals surface area contributed by atoms with Crippen molar-refractivity contribution in [3.8, 4) is 5.75 Å². The maximum atomic E-state index is 12.5. The third kappa shape index (κ3) is 7.16. The Bertz CT molecular complexity index is 1200. The molecule has 0 bridgehead atoms. The first-order valence-electron chi connectivity index (χ1n) is 10.7. The van der Waals surface area contributed by atoms with E-state index >= 15 is 0 Å². The number of methoxy groups -OCH3 is 1. The summed E-state index contributed by atoms with van der Waals surface area (Å²) in [6.07, 6.45) is 0. The lowest BCUT2D eigenvalue weighted by atomic mass is 10.2. The Morgan fingerprint density at radius 2 is 1.40 bits per heavy atom. The molecular formula is C26H25N3O6. The van der Waals surface area contributed by atoms with Gasteiger partial charge in [-0.1, -0.05) is 30.3 Å². The summed E-state index contributed by atoms with van der Waals surface area (Å²) in [5.74, 6) is -1.53. The van der Waals surface area contributed by atoms with E-state index in [-0.39, 0.29) is 5.91 Å². The number of carbonyl (C=O) groups excluding carboxylic acids is 4. The zero-order valence-corrected chi connectivity index (χ0v) is 19.2. The van der Waals surface area contributed by atoms with Gasteiger partial charge in [0.1, 0.15) is 11.8 Å². The standard InChI is InChI=1S/C26H25N3O6/c1-17(27-24(31)18-8-4-3-5-9-18)26(33)35-16-23(30)28-20-14-12-19(13-15-20)25(32)29-21-10-6-7-11-22(21)34-2/h3-15,17H,16H2,1-2H3,(H,27,31)(H,28,30)(H,29,32)/t17-/m0/s1. The van der Waals surface area contributed by atoms with E-state index in [0.29, 0.717) is 28.3 Å². The second-order valence-corrected chi connectivity index (χ2v) is 7.45. The number of carbonyl (C=O) groups is 4. The molecule has 3 rings (SSSR count). The van der Waals surface area contributed by atoms with Gasteiger partial charge < -0.3 is 25.4 Å². The molecule has 3 aromatic carbocycles. The van der Waals surface area contributed by atoms with Gasteiger partial charge in [-0.05, 0) is 55.5 Å². The summed E-state index contributed by atoms with van der Waals surface area (Å²) in [6, 6.07) is 20.7. The van der Waals surface area contributed by atoms with Crippen LogP contribution in [0.15, 0.2) is 78.9 Å². The predicted octanol–water partition coefficient (Wildman–Crippen LogP) is 3.25. The van der Waals surface area contributed by atoms with Gasteiger partial charge in [0.2, 0.25) is 0 Å². The predicted molar refractivity (Wildman–Crippen MR) is 130 cm³/mol. The maximum Gasteiger partial charge on any atom is 0.328 e. The van der Waals surface area contributed by atoms with E-state index < -0.39 is 30.4 Å². The van der Waals surface area contributed by atoms with Crippen LogP contribution in [-0.4, -0.2) is 43.4 Å². The molecule has 35 heavy (non-hydrogen) atoms. The summed E-state index contributed by atoms with van der Waals surface area (Å²) >= 11 is 0. The summed E-state index contributed by atoms with van der Waals surface area (Å²) in [5, 5.41) is 7.87. The molecule has 0 radical (unpaired) electrons. The van der Waals surface area contributed by atoms with Crippen LogP contribution in [0.3, 0.4) is 0 Å². The van der Waals surface area contributed by atoms with Gasteiger partial charge >= 0.3 is 5.97 Å². The van der Waals surface area contributed by atoms with Gasteiger partial charge in [-0.25, -0.2) is 4.79 Å². The van der Waals surface area contributed by atoms with E-state index in [9.17, 15) is 19.2 Å². The van der Waals surface area contributed by atoms with Gasteiger partial charge in [-0.3, -0.25) is 14.4 Å². The van der Waals surface area contributed by atoms with Crippen LogP contribution in [0, 0.1) is 0 Å². The number of nitrogens with one attached hydrogen (secondary N) is 3. The zero-order chi connectivity index (χ0) is 25.2. The lowest BCUT2D eigenvalue weighted by Gasteiger charge is -2.13. The molecule has 0 heterocycles. The zero-order valence-electron chi connectivity index (χ0n) is 19.2. The van der Waals surface area contributed by atoms with E-state index in [2.05, 4.69) is 16.0 Å². The van der Waals surface area contributed by atoms with Crippen LogP contribution >= 0.6 is 0 Å². The minimum absolute atomic E-state index is 0.340. The fraction of sp³-hybridized carbons (Fsp3) is 0.154. The Labute approximate surface area is 202 Å². The maximum absolute atomic E-state index is 12.5. The van der Waals surface area contributed by atoms with E-state index in [0.717, 1.165) is 0 Å². The highest BCUT2D eigenvalue weighted by atomic mass is 16.5. The quantitative estimate of drug-likeness (QED) is 0.408. The number of anilines is 2. The monoisotopic (exact) mass is 475 g/mol. The Hall–Kier alpha value is -4.66. The Kier molecular flexibility index (Phi) is 8.55. The molecule has 0 saturated heterocycles. The summed E-state index contributed by atoms with van der Waals surface area (Å²) < 4.78 is 10.2. The van der Waals surface area contributed by atoms with E-state index in [1.807, 2.05) is 0 Å². The van der Waals surface area contributed by atoms with Gasteiger partial charge in [0.25, 0.3) is 17.7 Å². The lowest BCUT2D eigenvalue weighted by Crippen LogP contribution is -2.40. The Morgan fingerprint density at radius 1 is 0.771 bits per heavy atom. The van der Waals surface area contributed by atoms with Crippen LogP contribution in [0.5, 0.6) is 5.75 Å². The molecule has 1 atom stereocenters. The van der Waals surface area contributed by atoms with Crippen LogP contribution in [-0.2, 0) is 14.3 Å². The molecule has 0 aliphatic heterocycles. The van der Waals surface area contributed by atoms with Crippen molar-refractivity contribution in [2.24, 2.45) is 0 Å². The highest BCUT2D eigenvalue weighted by Gasteiger charge is 2.19.